The van der Waals surface area contributed by atoms with Gasteiger partial charge in [-0.1, -0.05) is 47.7 Å². The minimum Gasteiger partial charge on any atom is -0.378 e. The predicted molar refractivity (Wildman–Crippen MR) is 167 cm³/mol. The van der Waals surface area contributed by atoms with Crippen LogP contribution in [0.4, 0.5) is 10.1 Å². The van der Waals surface area contributed by atoms with Crippen molar-refractivity contribution in [2.75, 3.05) is 57.6 Å². The molecule has 1 aromatic heterocycles. The molecule has 12 heteroatoms. The zero-order valence-corrected chi connectivity index (χ0v) is 25.0. The minimum absolute atomic E-state index is 0.0723. The molecule has 2 amide bonds. The number of amides is 2. The number of fused-ring (bicyclic) bond motifs is 5. The molecule has 1 aliphatic rings. The number of rotatable bonds is 15. The molecule has 2 heterocycles. The molecule has 236 valence electrons. The van der Waals surface area contributed by atoms with Crippen LogP contribution in [0.25, 0.3) is 22.5 Å². The quantitative estimate of drug-likeness (QED) is 0.194. The highest BCUT2D eigenvalue weighted by Crippen LogP contribution is 2.41. The third kappa shape index (κ3) is 8.17. The van der Waals surface area contributed by atoms with E-state index in [-0.39, 0.29) is 24.8 Å². The molecule has 0 bridgehead atoms. The van der Waals surface area contributed by atoms with Gasteiger partial charge in [0.15, 0.2) is 0 Å². The Hall–Kier alpha value is -4.49. The Kier molecular flexibility index (Phi) is 11.4. The smallest absolute Gasteiger partial charge is 0.251 e. The molecular weight excluding hydrogens is 579 g/mol. The van der Waals surface area contributed by atoms with Gasteiger partial charge in [0.05, 0.1) is 64.1 Å². The van der Waals surface area contributed by atoms with Gasteiger partial charge in [0.25, 0.3) is 5.91 Å². The molecule has 1 aliphatic heterocycles. The molecule has 0 spiro atoms. The van der Waals surface area contributed by atoms with Crippen molar-refractivity contribution in [3.63, 3.8) is 0 Å². The zero-order chi connectivity index (χ0) is 31.4. The zero-order valence-electron chi connectivity index (χ0n) is 25.0. The van der Waals surface area contributed by atoms with E-state index in [0.29, 0.717) is 64.8 Å². The molecule has 3 N–H and O–H groups in total. The van der Waals surface area contributed by atoms with Gasteiger partial charge in [-0.05, 0) is 35.9 Å². The van der Waals surface area contributed by atoms with Gasteiger partial charge in [-0.2, -0.15) is 0 Å². The highest BCUT2D eigenvalue weighted by molar-refractivity contribution is 6.00. The van der Waals surface area contributed by atoms with Crippen molar-refractivity contribution in [2.24, 2.45) is 5.73 Å². The molecule has 3 aromatic carbocycles. The molecule has 0 aliphatic carbocycles. The van der Waals surface area contributed by atoms with E-state index in [1.165, 1.54) is 24.3 Å². The van der Waals surface area contributed by atoms with Gasteiger partial charge < -0.3 is 30.2 Å². The maximum Gasteiger partial charge on any atom is 0.251 e. The summed E-state index contributed by atoms with van der Waals surface area (Å²) in [6, 6.07) is 20.8. The first kappa shape index (κ1) is 31.9. The third-order valence-electron chi connectivity index (χ3n) is 7.27. The average molecular weight is 617 g/mol. The van der Waals surface area contributed by atoms with Crippen LogP contribution >= 0.6 is 0 Å². The standard InChI is InChI=1S/C33H37FN6O5/c34-26-11-9-24(10-12-26)33(42)36-15-13-30(41)39-23-25-5-1-2-6-27(25)31-32(28-7-3-4-8-29(28)39)40(38-37-31)16-18-44-20-22-45-21-19-43-17-14-35/h1-12H,13-23,35H2,(H,36,42). The Labute approximate surface area is 261 Å². The summed E-state index contributed by atoms with van der Waals surface area (Å²) in [5, 5.41) is 11.8. The number of nitrogens with one attached hydrogen (secondary N) is 1. The number of para-hydroxylation sites is 1. The second-order valence-electron chi connectivity index (χ2n) is 10.3. The second-order valence-corrected chi connectivity index (χ2v) is 10.3. The molecule has 11 nitrogen and oxygen atoms in total. The van der Waals surface area contributed by atoms with Gasteiger partial charge in [-0.3, -0.25) is 9.59 Å². The van der Waals surface area contributed by atoms with Crippen LogP contribution in [0.3, 0.4) is 0 Å². The molecule has 0 saturated carbocycles. The highest BCUT2D eigenvalue weighted by atomic mass is 19.1. The number of carbonyl (C=O) groups excluding carboxylic acids is 2. The van der Waals surface area contributed by atoms with Crippen molar-refractivity contribution in [3.05, 3.63) is 89.7 Å². The van der Waals surface area contributed by atoms with Crippen LogP contribution in [0.2, 0.25) is 0 Å². The van der Waals surface area contributed by atoms with Gasteiger partial charge in [0, 0.05) is 36.2 Å². The number of nitrogens with zero attached hydrogens (tertiary/aromatic N) is 4. The summed E-state index contributed by atoms with van der Waals surface area (Å²) >= 11 is 0. The van der Waals surface area contributed by atoms with Crippen LogP contribution in [0.15, 0.2) is 72.8 Å². The van der Waals surface area contributed by atoms with Crippen molar-refractivity contribution in [3.8, 4) is 22.5 Å². The third-order valence-corrected chi connectivity index (χ3v) is 7.27. The van der Waals surface area contributed by atoms with Gasteiger partial charge in [0.1, 0.15) is 11.5 Å². The summed E-state index contributed by atoms with van der Waals surface area (Å²) in [7, 11) is 0. The first-order chi connectivity index (χ1) is 22.1. The van der Waals surface area contributed by atoms with E-state index in [1.807, 2.05) is 53.2 Å². The van der Waals surface area contributed by atoms with E-state index in [1.54, 1.807) is 4.90 Å². The van der Waals surface area contributed by atoms with Crippen LogP contribution in [-0.2, 0) is 32.1 Å². The lowest BCUT2D eigenvalue weighted by Gasteiger charge is -2.29. The molecule has 45 heavy (non-hydrogen) atoms. The normalized spacial score (nSPS) is 12.1. The largest absolute Gasteiger partial charge is 0.378 e. The fourth-order valence-corrected chi connectivity index (χ4v) is 5.09. The number of halogens is 1. The van der Waals surface area contributed by atoms with Gasteiger partial charge in [-0.15, -0.1) is 5.10 Å². The van der Waals surface area contributed by atoms with E-state index in [0.717, 1.165) is 33.8 Å². The Morgan fingerprint density at radius 3 is 2.27 bits per heavy atom. The van der Waals surface area contributed by atoms with E-state index in [9.17, 15) is 14.0 Å². The number of benzene rings is 3. The molecule has 0 radical (unpaired) electrons. The Balaban J connectivity index is 1.29. The Bertz CT molecular complexity index is 1580. The average Bonchev–Trinajstić information content (AvgIpc) is 3.47. The van der Waals surface area contributed by atoms with E-state index < -0.39 is 5.82 Å². The van der Waals surface area contributed by atoms with Crippen LogP contribution in [0, 0.1) is 5.82 Å². The Morgan fingerprint density at radius 2 is 1.51 bits per heavy atom. The molecule has 0 saturated heterocycles. The van der Waals surface area contributed by atoms with Crippen LogP contribution in [0.1, 0.15) is 22.3 Å². The molecular formula is C33H37FN6O5. The molecule has 0 unspecified atom stereocenters. The van der Waals surface area contributed by atoms with Crippen LogP contribution < -0.4 is 16.0 Å². The van der Waals surface area contributed by atoms with Crippen LogP contribution in [-0.4, -0.2) is 79.5 Å². The van der Waals surface area contributed by atoms with Gasteiger partial charge >= 0.3 is 0 Å². The first-order valence-electron chi connectivity index (χ1n) is 15.0. The van der Waals surface area contributed by atoms with Gasteiger partial charge in [0.2, 0.25) is 5.91 Å². The summed E-state index contributed by atoms with van der Waals surface area (Å²) in [4.78, 5) is 28.0. The number of hydrogen-bond donors (Lipinski definition) is 2. The molecule has 5 rings (SSSR count). The number of anilines is 1. The predicted octanol–water partition coefficient (Wildman–Crippen LogP) is 3.43. The van der Waals surface area contributed by atoms with Crippen LogP contribution in [0.5, 0.6) is 0 Å². The van der Waals surface area contributed by atoms with Crippen molar-refractivity contribution in [1.29, 1.82) is 0 Å². The topological polar surface area (TPSA) is 134 Å². The highest BCUT2D eigenvalue weighted by Gasteiger charge is 2.29. The molecule has 0 fully saturated rings. The molecule has 4 aromatic rings. The van der Waals surface area contributed by atoms with E-state index in [4.69, 9.17) is 19.9 Å². The van der Waals surface area contributed by atoms with Crippen molar-refractivity contribution < 1.29 is 28.2 Å². The summed E-state index contributed by atoms with van der Waals surface area (Å²) in [5.41, 5.74) is 10.6. The van der Waals surface area contributed by atoms with E-state index >= 15 is 0 Å². The minimum atomic E-state index is -0.421. The Morgan fingerprint density at radius 1 is 0.844 bits per heavy atom. The lowest BCUT2D eigenvalue weighted by molar-refractivity contribution is -0.118. The summed E-state index contributed by atoms with van der Waals surface area (Å²) in [5.74, 6) is -0.946. The number of aromatic nitrogens is 3. The summed E-state index contributed by atoms with van der Waals surface area (Å²) in [6.45, 7) is 4.13. The van der Waals surface area contributed by atoms with Gasteiger partial charge in [-0.25, -0.2) is 9.07 Å². The van der Waals surface area contributed by atoms with E-state index in [2.05, 4.69) is 15.6 Å². The number of carbonyl (C=O) groups is 2. The second kappa shape index (κ2) is 16.0. The maximum atomic E-state index is 13.7. The number of ether oxygens (including phenoxy) is 3. The lowest BCUT2D eigenvalue weighted by Crippen LogP contribution is -2.35. The lowest BCUT2D eigenvalue weighted by atomic mass is 9.95. The number of nitrogens with two attached hydrogens (primary N) is 1. The summed E-state index contributed by atoms with van der Waals surface area (Å²) in [6.07, 6.45) is 0.0723. The number of hydrogen-bond acceptors (Lipinski definition) is 8. The SMILES string of the molecule is NCCOCCOCCOCCn1nnc2c1-c1ccccc1N(C(=O)CCNC(=O)c1ccc(F)cc1)Cc1ccccc1-2. The van der Waals surface area contributed by atoms with Crippen molar-refractivity contribution in [1.82, 2.24) is 20.3 Å². The molecule has 0 atom stereocenters. The fraction of sp³-hybridized carbons (Fsp3) is 0.333. The summed E-state index contributed by atoms with van der Waals surface area (Å²) < 4.78 is 31.7. The first-order valence-corrected chi connectivity index (χ1v) is 15.0. The van der Waals surface area contributed by atoms with Crippen molar-refractivity contribution in [2.45, 2.75) is 19.5 Å². The monoisotopic (exact) mass is 616 g/mol. The van der Waals surface area contributed by atoms with Crippen molar-refractivity contribution >= 4 is 17.5 Å². The fourth-order valence-electron chi connectivity index (χ4n) is 5.09. The maximum absolute atomic E-state index is 13.7.